The Bertz CT molecular complexity index is 629. The summed E-state index contributed by atoms with van der Waals surface area (Å²) in [5, 5.41) is 12.7. The summed E-state index contributed by atoms with van der Waals surface area (Å²) in [4.78, 5) is 19.7. The molecule has 0 aliphatic heterocycles. The number of para-hydroxylation sites is 2. The van der Waals surface area contributed by atoms with Crippen LogP contribution in [-0.2, 0) is 11.2 Å². The first-order chi connectivity index (χ1) is 9.96. The van der Waals surface area contributed by atoms with Gasteiger partial charge in [-0.25, -0.2) is 4.98 Å². The number of aryl methyl sites for hydroxylation is 1. The van der Waals surface area contributed by atoms with Crippen molar-refractivity contribution in [2.75, 3.05) is 0 Å². The molecule has 5 heteroatoms. The van der Waals surface area contributed by atoms with Gasteiger partial charge in [0.2, 0.25) is 5.91 Å². The molecule has 5 nitrogen and oxygen atoms in total. The lowest BCUT2D eigenvalue weighted by Crippen LogP contribution is -2.61. The highest BCUT2D eigenvalue weighted by Gasteiger charge is 2.47. The SMILES string of the molecule is CC1(C)C(O)CC1NC(=O)CCc1nc2ccccc2[nH]1. The third-order valence-electron chi connectivity index (χ3n) is 4.58. The lowest BCUT2D eigenvalue weighted by atomic mass is 9.64. The predicted octanol–water partition coefficient (Wildman–Crippen LogP) is 1.77. The first-order valence-electron chi connectivity index (χ1n) is 7.38. The molecular formula is C16H21N3O2. The molecule has 2 aromatic rings. The maximum Gasteiger partial charge on any atom is 0.220 e. The summed E-state index contributed by atoms with van der Waals surface area (Å²) in [6.07, 6.45) is 1.32. The lowest BCUT2D eigenvalue weighted by Gasteiger charge is -2.49. The van der Waals surface area contributed by atoms with Crippen molar-refractivity contribution in [1.82, 2.24) is 15.3 Å². The topological polar surface area (TPSA) is 78.0 Å². The Balaban J connectivity index is 1.54. The molecule has 3 rings (SSSR count). The Kier molecular flexibility index (Phi) is 3.45. The third kappa shape index (κ3) is 2.65. The fraction of sp³-hybridized carbons (Fsp3) is 0.500. The molecule has 0 saturated heterocycles. The highest BCUT2D eigenvalue weighted by atomic mass is 16.3. The summed E-state index contributed by atoms with van der Waals surface area (Å²) in [5.74, 6) is 0.847. The van der Waals surface area contributed by atoms with E-state index in [9.17, 15) is 9.90 Å². The van der Waals surface area contributed by atoms with Crippen LogP contribution in [0.5, 0.6) is 0 Å². The highest BCUT2D eigenvalue weighted by molar-refractivity contribution is 5.77. The van der Waals surface area contributed by atoms with Crippen LogP contribution in [0.2, 0.25) is 0 Å². The molecule has 0 spiro atoms. The second-order valence-corrected chi connectivity index (χ2v) is 6.39. The monoisotopic (exact) mass is 287 g/mol. The lowest BCUT2D eigenvalue weighted by molar-refractivity contribution is -0.129. The minimum absolute atomic E-state index is 0.0143. The summed E-state index contributed by atoms with van der Waals surface area (Å²) >= 11 is 0. The van der Waals surface area contributed by atoms with Crippen LogP contribution in [-0.4, -0.2) is 33.1 Å². The number of carbonyl (C=O) groups excluding carboxylic acids is 1. The van der Waals surface area contributed by atoms with Gasteiger partial charge in [-0.2, -0.15) is 0 Å². The van der Waals surface area contributed by atoms with Crippen LogP contribution in [0.3, 0.4) is 0 Å². The standard InChI is InChI=1S/C16H21N3O2/c1-16(2)12(9-13(16)20)19-15(21)8-7-14-17-10-5-3-4-6-11(10)18-14/h3-6,12-13,20H,7-9H2,1-2H3,(H,17,18)(H,19,21). The molecule has 2 unspecified atom stereocenters. The van der Waals surface area contributed by atoms with Gasteiger partial charge in [-0.1, -0.05) is 26.0 Å². The number of aromatic nitrogens is 2. The highest BCUT2D eigenvalue weighted by Crippen LogP contribution is 2.40. The van der Waals surface area contributed by atoms with E-state index >= 15 is 0 Å². The quantitative estimate of drug-likeness (QED) is 0.802. The number of carbonyl (C=O) groups is 1. The fourth-order valence-corrected chi connectivity index (χ4v) is 2.77. The molecule has 1 heterocycles. The second kappa shape index (κ2) is 5.15. The fourth-order valence-electron chi connectivity index (χ4n) is 2.77. The number of amides is 1. The van der Waals surface area contributed by atoms with Crippen molar-refractivity contribution < 1.29 is 9.90 Å². The molecule has 0 bridgehead atoms. The van der Waals surface area contributed by atoms with Crippen molar-refractivity contribution in [3.63, 3.8) is 0 Å². The van der Waals surface area contributed by atoms with Crippen molar-refractivity contribution >= 4 is 16.9 Å². The average molecular weight is 287 g/mol. The third-order valence-corrected chi connectivity index (χ3v) is 4.58. The first-order valence-corrected chi connectivity index (χ1v) is 7.38. The normalized spacial score (nSPS) is 23.8. The maximum atomic E-state index is 12.0. The first kappa shape index (κ1) is 14.1. The number of fused-ring (bicyclic) bond motifs is 1. The van der Waals surface area contributed by atoms with E-state index in [-0.39, 0.29) is 23.5 Å². The van der Waals surface area contributed by atoms with Crippen LogP contribution in [0, 0.1) is 5.41 Å². The Morgan fingerprint density at radius 2 is 2.24 bits per heavy atom. The van der Waals surface area contributed by atoms with Crippen LogP contribution in [0.15, 0.2) is 24.3 Å². The molecule has 1 aliphatic rings. The van der Waals surface area contributed by atoms with Gasteiger partial charge < -0.3 is 15.4 Å². The van der Waals surface area contributed by atoms with E-state index in [2.05, 4.69) is 15.3 Å². The van der Waals surface area contributed by atoms with E-state index in [4.69, 9.17) is 0 Å². The number of aliphatic hydroxyl groups is 1. The summed E-state index contributed by atoms with van der Waals surface area (Å²) in [6.45, 7) is 3.96. The van der Waals surface area contributed by atoms with Crippen molar-refractivity contribution in [1.29, 1.82) is 0 Å². The van der Waals surface area contributed by atoms with Gasteiger partial charge in [0.25, 0.3) is 0 Å². The number of benzene rings is 1. The maximum absolute atomic E-state index is 12.0. The number of rotatable bonds is 4. The van der Waals surface area contributed by atoms with Gasteiger partial charge in [-0.05, 0) is 18.6 Å². The number of nitrogens with zero attached hydrogens (tertiary/aromatic N) is 1. The smallest absolute Gasteiger partial charge is 0.220 e. The van der Waals surface area contributed by atoms with E-state index in [1.165, 1.54) is 0 Å². The van der Waals surface area contributed by atoms with Gasteiger partial charge in [0.1, 0.15) is 5.82 Å². The zero-order valence-electron chi connectivity index (χ0n) is 12.4. The predicted molar refractivity (Wildman–Crippen MR) is 80.8 cm³/mol. The molecule has 112 valence electrons. The second-order valence-electron chi connectivity index (χ2n) is 6.39. The zero-order valence-corrected chi connectivity index (χ0v) is 12.4. The van der Waals surface area contributed by atoms with Crippen molar-refractivity contribution in [2.45, 2.75) is 45.3 Å². The van der Waals surface area contributed by atoms with Gasteiger partial charge in [0.15, 0.2) is 0 Å². The molecule has 3 N–H and O–H groups in total. The molecule has 1 amide bonds. The van der Waals surface area contributed by atoms with Gasteiger partial charge in [0.05, 0.1) is 17.1 Å². The minimum Gasteiger partial charge on any atom is -0.392 e. The summed E-state index contributed by atoms with van der Waals surface area (Å²) in [5.41, 5.74) is 1.70. The van der Waals surface area contributed by atoms with Gasteiger partial charge in [-0.3, -0.25) is 4.79 Å². The number of hydrogen-bond acceptors (Lipinski definition) is 3. The zero-order chi connectivity index (χ0) is 15.0. The average Bonchev–Trinajstić information content (AvgIpc) is 2.87. The van der Waals surface area contributed by atoms with E-state index in [0.717, 1.165) is 16.9 Å². The number of H-pyrrole nitrogens is 1. The molecule has 21 heavy (non-hydrogen) atoms. The Hall–Kier alpha value is -1.88. The molecule has 1 aromatic heterocycles. The Labute approximate surface area is 123 Å². The largest absolute Gasteiger partial charge is 0.392 e. The molecule has 0 radical (unpaired) electrons. The summed E-state index contributed by atoms with van der Waals surface area (Å²) in [7, 11) is 0. The van der Waals surface area contributed by atoms with E-state index < -0.39 is 0 Å². The summed E-state index contributed by atoms with van der Waals surface area (Å²) in [6, 6.07) is 7.90. The van der Waals surface area contributed by atoms with E-state index in [1.807, 2.05) is 38.1 Å². The van der Waals surface area contributed by atoms with Crippen LogP contribution < -0.4 is 5.32 Å². The number of hydrogen-bond donors (Lipinski definition) is 3. The number of imidazole rings is 1. The van der Waals surface area contributed by atoms with Crippen molar-refractivity contribution in [3.05, 3.63) is 30.1 Å². The van der Waals surface area contributed by atoms with E-state index in [0.29, 0.717) is 19.3 Å². The number of nitrogens with one attached hydrogen (secondary N) is 2. The van der Waals surface area contributed by atoms with Crippen LogP contribution >= 0.6 is 0 Å². The van der Waals surface area contributed by atoms with Crippen LogP contribution in [0.25, 0.3) is 11.0 Å². The molecular weight excluding hydrogens is 266 g/mol. The van der Waals surface area contributed by atoms with E-state index in [1.54, 1.807) is 0 Å². The summed E-state index contributed by atoms with van der Waals surface area (Å²) < 4.78 is 0. The van der Waals surface area contributed by atoms with Crippen LogP contribution in [0.1, 0.15) is 32.5 Å². The van der Waals surface area contributed by atoms with Gasteiger partial charge >= 0.3 is 0 Å². The molecule has 1 saturated carbocycles. The molecule has 1 aromatic carbocycles. The Morgan fingerprint density at radius 1 is 1.48 bits per heavy atom. The van der Waals surface area contributed by atoms with Crippen molar-refractivity contribution in [3.8, 4) is 0 Å². The number of aromatic amines is 1. The Morgan fingerprint density at radius 3 is 2.90 bits per heavy atom. The minimum atomic E-state index is -0.321. The van der Waals surface area contributed by atoms with Crippen LogP contribution in [0.4, 0.5) is 0 Å². The number of aliphatic hydroxyl groups excluding tert-OH is 1. The molecule has 2 atom stereocenters. The van der Waals surface area contributed by atoms with Gasteiger partial charge in [0, 0.05) is 24.3 Å². The molecule has 1 aliphatic carbocycles. The van der Waals surface area contributed by atoms with Crippen molar-refractivity contribution in [2.24, 2.45) is 5.41 Å². The molecule has 1 fully saturated rings. The van der Waals surface area contributed by atoms with Gasteiger partial charge in [-0.15, -0.1) is 0 Å².